The number of carbonyl (C=O) groups excluding carboxylic acids is 1. The van der Waals surface area contributed by atoms with Gasteiger partial charge in [0.1, 0.15) is 4.99 Å². The first-order valence-electron chi connectivity index (χ1n) is 6.04. The third-order valence-corrected chi connectivity index (χ3v) is 3.47. The Labute approximate surface area is 138 Å². The average molecular weight is 339 g/mol. The van der Waals surface area contributed by atoms with Gasteiger partial charge in [-0.3, -0.25) is 4.79 Å². The first-order chi connectivity index (χ1) is 9.86. The summed E-state index contributed by atoms with van der Waals surface area (Å²) in [7, 11) is 0. The number of hydrogen-bond donors (Lipinski definition) is 2. The maximum Gasteiger partial charge on any atom is 0.255 e. The normalized spacial score (nSPS) is 10.2. The highest BCUT2D eigenvalue weighted by Gasteiger charge is 2.12. The molecule has 0 aliphatic carbocycles. The van der Waals surface area contributed by atoms with Crippen LogP contribution in [0.15, 0.2) is 36.4 Å². The lowest BCUT2D eigenvalue weighted by molar-refractivity contribution is 0.102. The third-order valence-electron chi connectivity index (χ3n) is 2.80. The van der Waals surface area contributed by atoms with Gasteiger partial charge >= 0.3 is 0 Å². The fraction of sp³-hybridized carbons (Fsp3) is 0.0667. The lowest BCUT2D eigenvalue weighted by atomic mass is 10.1. The van der Waals surface area contributed by atoms with Gasteiger partial charge < -0.3 is 11.1 Å². The molecule has 0 aliphatic rings. The fourth-order valence-electron chi connectivity index (χ4n) is 1.90. The molecule has 0 heterocycles. The van der Waals surface area contributed by atoms with Crippen LogP contribution in [0.3, 0.4) is 0 Å². The van der Waals surface area contributed by atoms with Crippen molar-refractivity contribution >= 4 is 52.0 Å². The van der Waals surface area contributed by atoms with Crippen LogP contribution in [0.25, 0.3) is 0 Å². The summed E-state index contributed by atoms with van der Waals surface area (Å²) >= 11 is 16.9. The number of halogens is 2. The van der Waals surface area contributed by atoms with E-state index in [0.29, 0.717) is 26.9 Å². The van der Waals surface area contributed by atoms with Crippen molar-refractivity contribution in [2.45, 2.75) is 6.92 Å². The van der Waals surface area contributed by atoms with Gasteiger partial charge in [0.25, 0.3) is 5.91 Å². The SMILES string of the molecule is Cc1cc(Cl)cc(C(=O)Nc2cc(Cl)ccc2C(N)=S)c1. The summed E-state index contributed by atoms with van der Waals surface area (Å²) in [6.45, 7) is 1.86. The second-order valence-electron chi connectivity index (χ2n) is 4.53. The number of anilines is 1. The highest BCUT2D eigenvalue weighted by molar-refractivity contribution is 7.80. The Hall–Kier alpha value is -1.62. The monoisotopic (exact) mass is 338 g/mol. The minimum Gasteiger partial charge on any atom is -0.389 e. The van der Waals surface area contributed by atoms with Gasteiger partial charge in [-0.25, -0.2) is 0 Å². The molecule has 2 aromatic carbocycles. The summed E-state index contributed by atoms with van der Waals surface area (Å²) in [5.41, 5.74) is 8.02. The van der Waals surface area contributed by atoms with Crippen molar-refractivity contribution in [3.8, 4) is 0 Å². The smallest absolute Gasteiger partial charge is 0.255 e. The molecule has 3 nitrogen and oxygen atoms in total. The summed E-state index contributed by atoms with van der Waals surface area (Å²) in [6, 6.07) is 10.0. The molecule has 0 bridgehead atoms. The minimum absolute atomic E-state index is 0.184. The van der Waals surface area contributed by atoms with Crippen molar-refractivity contribution in [1.29, 1.82) is 0 Å². The standard InChI is InChI=1S/C15H12Cl2N2OS/c1-8-4-9(6-11(17)5-8)15(20)19-13-7-10(16)2-3-12(13)14(18)21/h2-7H,1H3,(H2,18,21)(H,19,20). The summed E-state index contributed by atoms with van der Waals surface area (Å²) in [6.07, 6.45) is 0. The van der Waals surface area contributed by atoms with E-state index < -0.39 is 0 Å². The third kappa shape index (κ3) is 3.94. The largest absolute Gasteiger partial charge is 0.389 e. The highest BCUT2D eigenvalue weighted by atomic mass is 35.5. The van der Waals surface area contributed by atoms with Gasteiger partial charge in [0.15, 0.2) is 0 Å². The van der Waals surface area contributed by atoms with E-state index in [0.717, 1.165) is 5.56 Å². The Kier molecular flexibility index (Phi) is 4.83. The zero-order valence-corrected chi connectivity index (χ0v) is 13.4. The van der Waals surface area contributed by atoms with Crippen molar-refractivity contribution < 1.29 is 4.79 Å². The van der Waals surface area contributed by atoms with Crippen LogP contribution in [-0.4, -0.2) is 10.9 Å². The molecule has 0 aliphatic heterocycles. The second-order valence-corrected chi connectivity index (χ2v) is 5.84. The maximum atomic E-state index is 12.3. The molecule has 0 saturated carbocycles. The lowest BCUT2D eigenvalue weighted by Gasteiger charge is -2.11. The first-order valence-corrected chi connectivity index (χ1v) is 7.21. The summed E-state index contributed by atoms with van der Waals surface area (Å²) in [5.74, 6) is -0.305. The van der Waals surface area contributed by atoms with E-state index in [4.69, 9.17) is 41.2 Å². The molecule has 2 aromatic rings. The Morgan fingerprint density at radius 2 is 1.86 bits per heavy atom. The van der Waals surface area contributed by atoms with E-state index in [9.17, 15) is 4.79 Å². The number of hydrogen-bond acceptors (Lipinski definition) is 2. The van der Waals surface area contributed by atoms with Gasteiger partial charge in [-0.05, 0) is 48.9 Å². The van der Waals surface area contributed by atoms with E-state index in [-0.39, 0.29) is 10.9 Å². The minimum atomic E-state index is -0.305. The number of benzene rings is 2. The molecular formula is C15H12Cl2N2OS. The van der Waals surface area contributed by atoms with Crippen molar-refractivity contribution in [2.24, 2.45) is 5.73 Å². The molecule has 2 rings (SSSR count). The van der Waals surface area contributed by atoms with Gasteiger partial charge in [0.2, 0.25) is 0 Å². The molecule has 0 spiro atoms. The predicted molar refractivity (Wildman–Crippen MR) is 91.5 cm³/mol. The maximum absolute atomic E-state index is 12.3. The van der Waals surface area contributed by atoms with Gasteiger partial charge in [0, 0.05) is 21.2 Å². The fourth-order valence-corrected chi connectivity index (χ4v) is 2.54. The molecule has 21 heavy (non-hydrogen) atoms. The van der Waals surface area contributed by atoms with Crippen LogP contribution in [0.5, 0.6) is 0 Å². The van der Waals surface area contributed by atoms with Crippen molar-refractivity contribution in [1.82, 2.24) is 0 Å². The number of rotatable bonds is 3. The number of thiocarbonyl (C=S) groups is 1. The van der Waals surface area contributed by atoms with Gasteiger partial charge in [-0.1, -0.05) is 35.4 Å². The topological polar surface area (TPSA) is 55.1 Å². The van der Waals surface area contributed by atoms with Gasteiger partial charge in [-0.15, -0.1) is 0 Å². The summed E-state index contributed by atoms with van der Waals surface area (Å²) in [5, 5.41) is 3.73. The van der Waals surface area contributed by atoms with Crippen LogP contribution in [0.1, 0.15) is 21.5 Å². The lowest BCUT2D eigenvalue weighted by Crippen LogP contribution is -2.17. The molecule has 6 heteroatoms. The molecule has 0 saturated heterocycles. The van der Waals surface area contributed by atoms with Crippen LogP contribution < -0.4 is 11.1 Å². The zero-order chi connectivity index (χ0) is 15.6. The molecule has 0 aromatic heterocycles. The number of amides is 1. The molecule has 0 unspecified atom stereocenters. The summed E-state index contributed by atoms with van der Waals surface area (Å²) < 4.78 is 0. The molecule has 0 atom stereocenters. The summed E-state index contributed by atoms with van der Waals surface area (Å²) in [4.78, 5) is 12.5. The highest BCUT2D eigenvalue weighted by Crippen LogP contribution is 2.22. The molecule has 0 radical (unpaired) electrons. The van der Waals surface area contributed by atoms with E-state index >= 15 is 0 Å². The van der Waals surface area contributed by atoms with Crippen molar-refractivity contribution in [3.05, 3.63) is 63.1 Å². The van der Waals surface area contributed by atoms with Crippen LogP contribution in [-0.2, 0) is 0 Å². The van der Waals surface area contributed by atoms with Gasteiger partial charge in [0.05, 0.1) is 5.69 Å². The van der Waals surface area contributed by atoms with Crippen molar-refractivity contribution in [2.75, 3.05) is 5.32 Å². The van der Waals surface area contributed by atoms with E-state index in [1.54, 1.807) is 36.4 Å². The molecule has 108 valence electrons. The molecule has 0 fully saturated rings. The van der Waals surface area contributed by atoms with Crippen LogP contribution in [0, 0.1) is 6.92 Å². The molecule has 1 amide bonds. The number of carbonyl (C=O) groups is 1. The van der Waals surface area contributed by atoms with Crippen LogP contribution >= 0.6 is 35.4 Å². The number of nitrogens with two attached hydrogens (primary N) is 1. The second kappa shape index (κ2) is 6.43. The van der Waals surface area contributed by atoms with E-state index in [1.165, 1.54) is 0 Å². The number of nitrogens with one attached hydrogen (secondary N) is 1. The Morgan fingerprint density at radius 1 is 1.14 bits per heavy atom. The zero-order valence-electron chi connectivity index (χ0n) is 11.1. The predicted octanol–water partition coefficient (Wildman–Crippen LogP) is 4.19. The Bertz CT molecular complexity index is 711. The van der Waals surface area contributed by atoms with Crippen molar-refractivity contribution in [3.63, 3.8) is 0 Å². The van der Waals surface area contributed by atoms with Gasteiger partial charge in [-0.2, -0.15) is 0 Å². The van der Waals surface area contributed by atoms with E-state index in [2.05, 4.69) is 5.32 Å². The Morgan fingerprint density at radius 3 is 2.48 bits per heavy atom. The molecule has 3 N–H and O–H groups in total. The quantitative estimate of drug-likeness (QED) is 0.825. The van der Waals surface area contributed by atoms with Crippen LogP contribution in [0.4, 0.5) is 5.69 Å². The first kappa shape index (κ1) is 15.8. The van der Waals surface area contributed by atoms with Crippen LogP contribution in [0.2, 0.25) is 10.0 Å². The average Bonchev–Trinajstić information content (AvgIpc) is 2.37. The number of aryl methyl sites for hydroxylation is 1. The van der Waals surface area contributed by atoms with E-state index in [1.807, 2.05) is 6.92 Å². The Balaban J connectivity index is 2.35. The molecular weight excluding hydrogens is 327 g/mol.